The molecule has 0 aliphatic heterocycles. The van der Waals surface area contributed by atoms with E-state index in [2.05, 4.69) is 32.9 Å². The second-order valence-corrected chi connectivity index (χ2v) is 10.3. The van der Waals surface area contributed by atoms with Gasteiger partial charge in [-0.2, -0.15) is 0 Å². The van der Waals surface area contributed by atoms with Gasteiger partial charge < -0.3 is 9.80 Å². The third-order valence-corrected chi connectivity index (χ3v) is 6.88. The van der Waals surface area contributed by atoms with Crippen LogP contribution >= 0.6 is 22.9 Å². The lowest BCUT2D eigenvalue weighted by atomic mass is 10.1. The summed E-state index contributed by atoms with van der Waals surface area (Å²) in [6.07, 6.45) is 0.931. The van der Waals surface area contributed by atoms with Gasteiger partial charge in [0, 0.05) is 33.4 Å². The lowest BCUT2D eigenvalue weighted by Crippen LogP contribution is -2.44. The molecule has 0 fully saturated rings. The molecule has 0 radical (unpaired) electrons. The third kappa shape index (κ3) is 7.44. The molecular weight excluding hydrogens is 452 g/mol. The van der Waals surface area contributed by atoms with Crippen LogP contribution in [0.5, 0.6) is 0 Å². The lowest BCUT2D eigenvalue weighted by molar-refractivity contribution is -0.133. The van der Waals surface area contributed by atoms with Crippen LogP contribution in [0, 0.1) is 12.8 Å². The Hall–Kier alpha value is -2.63. The summed E-state index contributed by atoms with van der Waals surface area (Å²) in [4.78, 5) is 32.7. The van der Waals surface area contributed by atoms with Crippen molar-refractivity contribution in [2.45, 2.75) is 40.3 Å². The third-order valence-electron chi connectivity index (χ3n) is 5.65. The minimum atomic E-state index is -0.146. The molecule has 2 amide bonds. The summed E-state index contributed by atoms with van der Waals surface area (Å²) in [6.45, 7) is 7.86. The van der Waals surface area contributed by atoms with Gasteiger partial charge in [-0.25, -0.2) is 0 Å². The van der Waals surface area contributed by atoms with E-state index in [0.29, 0.717) is 30.2 Å². The van der Waals surface area contributed by atoms with E-state index in [9.17, 15) is 9.59 Å². The normalized spacial score (nSPS) is 11.8. The van der Waals surface area contributed by atoms with Crippen LogP contribution in [0.2, 0.25) is 5.02 Å². The molecule has 0 spiro atoms. The van der Waals surface area contributed by atoms with Crippen LogP contribution in [-0.2, 0) is 17.9 Å². The van der Waals surface area contributed by atoms with Crippen molar-refractivity contribution in [3.63, 3.8) is 0 Å². The number of amides is 2. The van der Waals surface area contributed by atoms with Gasteiger partial charge in [0.25, 0.3) is 5.91 Å². The maximum atomic E-state index is 13.5. The monoisotopic (exact) mass is 482 g/mol. The first-order valence-corrected chi connectivity index (χ1v) is 12.5. The highest BCUT2D eigenvalue weighted by atomic mass is 35.5. The zero-order valence-electron chi connectivity index (χ0n) is 19.5. The summed E-state index contributed by atoms with van der Waals surface area (Å²) in [7, 11) is 0. The van der Waals surface area contributed by atoms with Crippen molar-refractivity contribution in [3.8, 4) is 0 Å². The number of hydrogen-bond acceptors (Lipinski definition) is 3. The zero-order chi connectivity index (χ0) is 23.8. The van der Waals surface area contributed by atoms with Crippen LogP contribution in [0.25, 0.3) is 0 Å². The smallest absolute Gasteiger partial charge is 0.254 e. The van der Waals surface area contributed by atoms with E-state index in [0.717, 1.165) is 16.9 Å². The Morgan fingerprint density at radius 2 is 1.64 bits per heavy atom. The molecule has 2 aromatic carbocycles. The van der Waals surface area contributed by atoms with Crippen molar-refractivity contribution in [2.75, 3.05) is 13.1 Å². The molecule has 0 saturated heterocycles. The predicted molar refractivity (Wildman–Crippen MR) is 137 cm³/mol. The first kappa shape index (κ1) is 25.0. The molecule has 0 aliphatic rings. The molecule has 0 aliphatic carbocycles. The maximum absolute atomic E-state index is 13.5. The molecule has 1 aromatic heterocycles. The molecule has 0 N–H and O–H groups in total. The average molecular weight is 483 g/mol. The van der Waals surface area contributed by atoms with E-state index in [4.69, 9.17) is 11.6 Å². The predicted octanol–water partition coefficient (Wildman–Crippen LogP) is 6.43. The Morgan fingerprint density at radius 3 is 2.24 bits per heavy atom. The fraction of sp³-hybridized carbons (Fsp3) is 0.333. The number of benzene rings is 2. The van der Waals surface area contributed by atoms with E-state index in [1.807, 2.05) is 35.2 Å². The highest BCUT2D eigenvalue weighted by Gasteiger charge is 2.24. The number of halogens is 1. The zero-order valence-corrected chi connectivity index (χ0v) is 21.0. The number of carbonyl (C=O) groups excluding carboxylic acids is 2. The molecule has 1 atom stereocenters. The standard InChI is InChI=1S/C27H31ClN2O2S/c1-4-20(2)16-30(27(32)23-11-13-24(28)14-12-23)19-26(31)29(17-22-8-6-5-7-9-22)18-25-15-10-21(3)33-25/h5-15,20H,4,16-19H2,1-3H3. The van der Waals surface area contributed by atoms with Crippen LogP contribution in [0.15, 0.2) is 66.7 Å². The SMILES string of the molecule is CCC(C)CN(CC(=O)N(Cc1ccccc1)Cc1ccc(C)s1)C(=O)c1ccc(Cl)cc1. The van der Waals surface area contributed by atoms with Crippen molar-refractivity contribution in [1.29, 1.82) is 0 Å². The van der Waals surface area contributed by atoms with Crippen LogP contribution < -0.4 is 0 Å². The van der Waals surface area contributed by atoms with E-state index in [-0.39, 0.29) is 24.3 Å². The van der Waals surface area contributed by atoms with Gasteiger partial charge in [0.15, 0.2) is 0 Å². The number of nitrogens with zero attached hydrogens (tertiary/aromatic N) is 2. The van der Waals surface area contributed by atoms with Crippen molar-refractivity contribution in [2.24, 2.45) is 5.92 Å². The number of carbonyl (C=O) groups is 2. The number of aryl methyl sites for hydroxylation is 1. The molecule has 1 unspecified atom stereocenters. The topological polar surface area (TPSA) is 40.6 Å². The second kappa shape index (κ2) is 12.0. The van der Waals surface area contributed by atoms with Gasteiger partial charge in [-0.1, -0.05) is 62.2 Å². The van der Waals surface area contributed by atoms with Crippen molar-refractivity contribution < 1.29 is 9.59 Å². The van der Waals surface area contributed by atoms with Gasteiger partial charge >= 0.3 is 0 Å². The Kier molecular flexibility index (Phi) is 9.10. The molecule has 6 heteroatoms. The summed E-state index contributed by atoms with van der Waals surface area (Å²) in [5, 5.41) is 0.580. The van der Waals surface area contributed by atoms with Crippen LogP contribution in [0.4, 0.5) is 0 Å². The first-order valence-electron chi connectivity index (χ1n) is 11.3. The van der Waals surface area contributed by atoms with E-state index < -0.39 is 0 Å². The van der Waals surface area contributed by atoms with Crippen LogP contribution in [0.3, 0.4) is 0 Å². The van der Waals surface area contributed by atoms with Crippen molar-refractivity contribution in [3.05, 3.63) is 92.6 Å². The molecule has 3 aromatic rings. The molecule has 0 bridgehead atoms. The molecule has 174 valence electrons. The Bertz CT molecular complexity index is 1050. The summed E-state index contributed by atoms with van der Waals surface area (Å²) in [5.41, 5.74) is 1.61. The molecule has 1 heterocycles. The first-order chi connectivity index (χ1) is 15.9. The summed E-state index contributed by atoms with van der Waals surface area (Å²) >= 11 is 7.69. The Labute approximate surface area is 205 Å². The van der Waals surface area contributed by atoms with Gasteiger partial charge in [-0.05, 0) is 54.8 Å². The van der Waals surface area contributed by atoms with Gasteiger partial charge in [-0.15, -0.1) is 11.3 Å². The molecule has 0 saturated carbocycles. The fourth-order valence-corrected chi connectivity index (χ4v) is 4.59. The van der Waals surface area contributed by atoms with Crippen LogP contribution in [0.1, 0.15) is 45.9 Å². The Morgan fingerprint density at radius 1 is 0.939 bits per heavy atom. The lowest BCUT2D eigenvalue weighted by Gasteiger charge is -2.29. The molecule has 4 nitrogen and oxygen atoms in total. The van der Waals surface area contributed by atoms with E-state index in [1.165, 1.54) is 4.88 Å². The highest BCUT2D eigenvalue weighted by molar-refractivity contribution is 7.11. The second-order valence-electron chi connectivity index (χ2n) is 8.45. The van der Waals surface area contributed by atoms with Gasteiger partial charge in [0.2, 0.25) is 5.91 Å². The maximum Gasteiger partial charge on any atom is 0.254 e. The quantitative estimate of drug-likeness (QED) is 0.334. The number of rotatable bonds is 10. The Balaban J connectivity index is 1.82. The van der Waals surface area contributed by atoms with Crippen LogP contribution in [-0.4, -0.2) is 34.7 Å². The van der Waals surface area contributed by atoms with Gasteiger partial charge in [0.05, 0.1) is 6.54 Å². The minimum absolute atomic E-state index is 0.0446. The minimum Gasteiger partial charge on any atom is -0.332 e. The molecular formula is C27H31ClN2O2S. The van der Waals surface area contributed by atoms with Gasteiger partial charge in [0.1, 0.15) is 6.54 Å². The highest BCUT2D eigenvalue weighted by Crippen LogP contribution is 2.20. The summed E-state index contributed by atoms with van der Waals surface area (Å²) < 4.78 is 0. The van der Waals surface area contributed by atoms with Crippen molar-refractivity contribution in [1.82, 2.24) is 9.80 Å². The summed E-state index contributed by atoms with van der Waals surface area (Å²) in [6, 6.07) is 21.0. The largest absolute Gasteiger partial charge is 0.332 e. The molecule has 33 heavy (non-hydrogen) atoms. The van der Waals surface area contributed by atoms with E-state index in [1.54, 1.807) is 40.5 Å². The number of thiophene rings is 1. The summed E-state index contributed by atoms with van der Waals surface area (Å²) in [5.74, 6) is 0.0824. The average Bonchev–Trinajstić information content (AvgIpc) is 3.23. The van der Waals surface area contributed by atoms with Gasteiger partial charge in [-0.3, -0.25) is 9.59 Å². The van der Waals surface area contributed by atoms with E-state index >= 15 is 0 Å². The number of hydrogen-bond donors (Lipinski definition) is 0. The van der Waals surface area contributed by atoms with Crippen molar-refractivity contribution >= 4 is 34.8 Å². The molecule has 3 rings (SSSR count). The fourth-order valence-electron chi connectivity index (χ4n) is 3.56.